The van der Waals surface area contributed by atoms with Gasteiger partial charge in [0.25, 0.3) is 5.91 Å². The first-order valence-corrected chi connectivity index (χ1v) is 9.59. The van der Waals surface area contributed by atoms with E-state index in [1.807, 2.05) is 37.3 Å². The normalized spacial score (nSPS) is 15.3. The van der Waals surface area contributed by atoms with Gasteiger partial charge in [0.2, 0.25) is 0 Å². The minimum Gasteiger partial charge on any atom is -0.481 e. The predicted molar refractivity (Wildman–Crippen MR) is 106 cm³/mol. The largest absolute Gasteiger partial charge is 0.481 e. The van der Waals surface area contributed by atoms with Crippen molar-refractivity contribution in [2.75, 3.05) is 18.0 Å². The lowest BCUT2D eigenvalue weighted by molar-refractivity contribution is -0.128. The summed E-state index contributed by atoms with van der Waals surface area (Å²) in [5, 5.41) is 2.99. The van der Waals surface area contributed by atoms with Crippen molar-refractivity contribution in [1.82, 2.24) is 5.32 Å². The number of rotatable bonds is 7. The van der Waals surface area contributed by atoms with E-state index in [2.05, 4.69) is 34.5 Å². The van der Waals surface area contributed by atoms with Crippen LogP contribution in [0.15, 0.2) is 54.6 Å². The Labute approximate surface area is 156 Å². The summed E-state index contributed by atoms with van der Waals surface area (Å²) in [5.41, 5.74) is 2.38. The second-order valence-corrected chi connectivity index (χ2v) is 6.76. The summed E-state index contributed by atoms with van der Waals surface area (Å²) < 4.78 is 5.79. The number of ether oxygens (including phenoxy) is 1. The molecule has 1 amide bonds. The second-order valence-electron chi connectivity index (χ2n) is 6.76. The fourth-order valence-electron chi connectivity index (χ4n) is 3.27. The van der Waals surface area contributed by atoms with Crippen LogP contribution < -0.4 is 15.0 Å². The number of nitrogens with zero attached hydrogens (tertiary/aromatic N) is 1. The number of para-hydroxylation sites is 1. The lowest BCUT2D eigenvalue weighted by atomic mass is 10.1. The molecule has 4 nitrogen and oxygen atoms in total. The van der Waals surface area contributed by atoms with Crippen LogP contribution in [0.3, 0.4) is 0 Å². The minimum absolute atomic E-state index is 0.0727. The number of carbonyl (C=O) groups is 1. The van der Waals surface area contributed by atoms with E-state index in [-0.39, 0.29) is 5.91 Å². The first-order valence-electron chi connectivity index (χ1n) is 9.59. The molecule has 138 valence electrons. The number of amides is 1. The summed E-state index contributed by atoms with van der Waals surface area (Å²) in [6.07, 6.45) is 4.05. The van der Waals surface area contributed by atoms with Crippen molar-refractivity contribution < 1.29 is 9.53 Å². The van der Waals surface area contributed by atoms with Gasteiger partial charge >= 0.3 is 0 Å². The quantitative estimate of drug-likeness (QED) is 0.814. The predicted octanol–water partition coefficient (Wildman–Crippen LogP) is 4.15. The van der Waals surface area contributed by atoms with Crippen molar-refractivity contribution in [3.8, 4) is 5.75 Å². The minimum atomic E-state index is -0.468. The third kappa shape index (κ3) is 5.01. The number of piperidine rings is 1. The van der Waals surface area contributed by atoms with Gasteiger partial charge in [0.15, 0.2) is 6.10 Å². The molecule has 4 heteroatoms. The van der Waals surface area contributed by atoms with E-state index in [0.29, 0.717) is 13.0 Å². The lowest BCUT2D eigenvalue weighted by Gasteiger charge is -2.28. The Morgan fingerprint density at radius 1 is 1.04 bits per heavy atom. The molecule has 1 saturated heterocycles. The van der Waals surface area contributed by atoms with Gasteiger partial charge in [-0.15, -0.1) is 0 Å². The van der Waals surface area contributed by atoms with Gasteiger partial charge in [-0.05, 0) is 55.5 Å². The highest BCUT2D eigenvalue weighted by Crippen LogP contribution is 2.20. The third-order valence-electron chi connectivity index (χ3n) is 4.81. The molecule has 2 aromatic rings. The molecule has 0 aromatic heterocycles. The fourth-order valence-corrected chi connectivity index (χ4v) is 3.27. The Hall–Kier alpha value is -2.49. The molecule has 0 aliphatic carbocycles. The summed E-state index contributed by atoms with van der Waals surface area (Å²) in [5.74, 6) is 0.650. The molecule has 26 heavy (non-hydrogen) atoms. The average Bonchev–Trinajstić information content (AvgIpc) is 2.72. The van der Waals surface area contributed by atoms with E-state index in [9.17, 15) is 4.79 Å². The zero-order valence-electron chi connectivity index (χ0n) is 15.5. The third-order valence-corrected chi connectivity index (χ3v) is 4.81. The zero-order chi connectivity index (χ0) is 18.2. The molecule has 1 N–H and O–H groups in total. The number of hydrogen-bond donors (Lipinski definition) is 1. The molecule has 1 heterocycles. The second kappa shape index (κ2) is 9.27. The number of nitrogens with one attached hydrogen (secondary N) is 1. The van der Waals surface area contributed by atoms with E-state index >= 15 is 0 Å². The first kappa shape index (κ1) is 18.3. The Balaban J connectivity index is 1.51. The van der Waals surface area contributed by atoms with Gasteiger partial charge in [0.1, 0.15) is 5.75 Å². The van der Waals surface area contributed by atoms with Crippen LogP contribution in [0.25, 0.3) is 0 Å². The van der Waals surface area contributed by atoms with Gasteiger partial charge in [-0.25, -0.2) is 0 Å². The van der Waals surface area contributed by atoms with E-state index in [1.165, 1.54) is 24.9 Å². The van der Waals surface area contributed by atoms with Crippen LogP contribution in [0.1, 0.15) is 38.2 Å². The molecule has 0 saturated carbocycles. The summed E-state index contributed by atoms with van der Waals surface area (Å²) in [6, 6.07) is 18.0. The Morgan fingerprint density at radius 3 is 2.38 bits per heavy atom. The summed E-state index contributed by atoms with van der Waals surface area (Å²) in [6.45, 7) is 4.77. The summed E-state index contributed by atoms with van der Waals surface area (Å²) >= 11 is 0. The number of hydrogen-bond acceptors (Lipinski definition) is 3. The molecule has 2 aromatic carbocycles. The highest BCUT2D eigenvalue weighted by Gasteiger charge is 2.18. The molecule has 1 aliphatic rings. The highest BCUT2D eigenvalue weighted by atomic mass is 16.5. The Bertz CT molecular complexity index is 679. The van der Waals surface area contributed by atoms with Crippen molar-refractivity contribution in [3.63, 3.8) is 0 Å². The molecule has 0 radical (unpaired) electrons. The zero-order valence-corrected chi connectivity index (χ0v) is 15.5. The maximum absolute atomic E-state index is 12.4. The average molecular weight is 352 g/mol. The molecule has 0 bridgehead atoms. The van der Waals surface area contributed by atoms with Gasteiger partial charge in [0, 0.05) is 25.3 Å². The van der Waals surface area contributed by atoms with Crippen LogP contribution in [0.2, 0.25) is 0 Å². The van der Waals surface area contributed by atoms with Gasteiger partial charge in [-0.1, -0.05) is 37.3 Å². The number of anilines is 1. The highest BCUT2D eigenvalue weighted by molar-refractivity contribution is 5.81. The first-order chi connectivity index (χ1) is 12.8. The van der Waals surface area contributed by atoms with E-state index in [4.69, 9.17) is 4.74 Å². The molecular formula is C22H28N2O2. The van der Waals surface area contributed by atoms with E-state index in [1.54, 1.807) is 0 Å². The number of benzene rings is 2. The van der Waals surface area contributed by atoms with Crippen LogP contribution in [0.5, 0.6) is 5.75 Å². The maximum Gasteiger partial charge on any atom is 0.261 e. The molecule has 1 fully saturated rings. The molecule has 3 rings (SSSR count). The van der Waals surface area contributed by atoms with Crippen LogP contribution in [-0.4, -0.2) is 25.1 Å². The Morgan fingerprint density at radius 2 is 1.73 bits per heavy atom. The van der Waals surface area contributed by atoms with Gasteiger partial charge in [-0.2, -0.15) is 0 Å². The van der Waals surface area contributed by atoms with Crippen molar-refractivity contribution in [2.45, 2.75) is 45.3 Å². The van der Waals surface area contributed by atoms with Crippen molar-refractivity contribution in [1.29, 1.82) is 0 Å². The van der Waals surface area contributed by atoms with E-state index < -0.39 is 6.10 Å². The molecule has 1 atom stereocenters. The van der Waals surface area contributed by atoms with Crippen LogP contribution in [0, 0.1) is 0 Å². The van der Waals surface area contributed by atoms with Crippen LogP contribution in [0.4, 0.5) is 5.69 Å². The smallest absolute Gasteiger partial charge is 0.261 e. The molecule has 0 spiro atoms. The van der Waals surface area contributed by atoms with Gasteiger partial charge in [-0.3, -0.25) is 4.79 Å². The van der Waals surface area contributed by atoms with Crippen LogP contribution in [-0.2, 0) is 11.3 Å². The summed E-state index contributed by atoms with van der Waals surface area (Å²) in [4.78, 5) is 14.9. The van der Waals surface area contributed by atoms with Gasteiger partial charge in [0.05, 0.1) is 0 Å². The van der Waals surface area contributed by atoms with E-state index in [0.717, 1.165) is 24.4 Å². The number of carbonyl (C=O) groups excluding carboxylic acids is 1. The summed E-state index contributed by atoms with van der Waals surface area (Å²) in [7, 11) is 0. The maximum atomic E-state index is 12.4. The van der Waals surface area contributed by atoms with Crippen molar-refractivity contribution in [2.24, 2.45) is 0 Å². The molecule has 1 aliphatic heterocycles. The van der Waals surface area contributed by atoms with Crippen molar-refractivity contribution in [3.05, 3.63) is 60.2 Å². The fraction of sp³-hybridized carbons (Fsp3) is 0.409. The van der Waals surface area contributed by atoms with Crippen LogP contribution >= 0.6 is 0 Å². The Kier molecular flexibility index (Phi) is 6.53. The monoisotopic (exact) mass is 352 g/mol. The standard InChI is InChI=1S/C22H28N2O2/c1-2-21(26-20-9-5-3-6-10-20)22(25)23-17-18-11-13-19(14-12-18)24-15-7-4-8-16-24/h3,5-6,9-14,21H,2,4,7-8,15-17H2,1H3,(H,23,25). The lowest BCUT2D eigenvalue weighted by Crippen LogP contribution is -2.37. The molecule has 1 unspecified atom stereocenters. The van der Waals surface area contributed by atoms with Gasteiger partial charge < -0.3 is 15.0 Å². The molecular weight excluding hydrogens is 324 g/mol. The topological polar surface area (TPSA) is 41.6 Å². The van der Waals surface area contributed by atoms with Crippen molar-refractivity contribution >= 4 is 11.6 Å². The SMILES string of the molecule is CCC(Oc1ccccc1)C(=O)NCc1ccc(N2CCCCC2)cc1.